The van der Waals surface area contributed by atoms with E-state index < -0.39 is 24.9 Å². The van der Waals surface area contributed by atoms with Crippen molar-refractivity contribution < 1.29 is 18.3 Å². The monoisotopic (exact) mass is 458 g/mol. The molecule has 1 N–H and O–H groups in total. The SMILES string of the molecule is CC(C)S(=O)(=O)c1ccc(-c2cnc3[nH]cc(-c4cncc(S(C)(=O)=O)c4)c3n2)cc1.[HH]. The van der Waals surface area contributed by atoms with Gasteiger partial charge in [0.1, 0.15) is 5.52 Å². The molecule has 1 aromatic carbocycles. The van der Waals surface area contributed by atoms with Crippen LogP contribution in [-0.4, -0.2) is 48.3 Å². The van der Waals surface area contributed by atoms with E-state index in [-0.39, 0.29) is 11.2 Å². The molecule has 0 aliphatic carbocycles. The smallest absolute Gasteiger partial charge is 0.180 e. The van der Waals surface area contributed by atoms with E-state index in [1.54, 1.807) is 62.8 Å². The number of hydrogen-bond donors (Lipinski definition) is 1. The minimum Gasteiger partial charge on any atom is -0.344 e. The number of rotatable bonds is 5. The number of hydrogen-bond acceptors (Lipinski definition) is 7. The molecule has 0 fully saturated rings. The number of nitrogens with one attached hydrogen (secondary N) is 1. The van der Waals surface area contributed by atoms with Gasteiger partial charge in [-0.15, -0.1) is 0 Å². The van der Waals surface area contributed by atoms with Gasteiger partial charge in [0.05, 0.1) is 26.9 Å². The average molecular weight is 459 g/mol. The number of nitrogens with zero attached hydrogens (tertiary/aromatic N) is 3. The number of pyridine rings is 1. The predicted molar refractivity (Wildman–Crippen MR) is 120 cm³/mol. The molecule has 0 aliphatic heterocycles. The van der Waals surface area contributed by atoms with E-state index in [0.717, 1.165) is 6.26 Å². The molecule has 0 aliphatic rings. The molecular formula is C21H22N4O4S2. The van der Waals surface area contributed by atoms with Crippen LogP contribution in [0.25, 0.3) is 33.5 Å². The first kappa shape index (κ1) is 21.1. The van der Waals surface area contributed by atoms with Crippen molar-refractivity contribution in [2.24, 2.45) is 0 Å². The molecule has 162 valence electrons. The summed E-state index contributed by atoms with van der Waals surface area (Å²) >= 11 is 0. The Balaban J connectivity index is 0.00000289. The maximum absolute atomic E-state index is 12.3. The van der Waals surface area contributed by atoms with Crippen LogP contribution < -0.4 is 0 Å². The summed E-state index contributed by atoms with van der Waals surface area (Å²) in [7, 11) is -6.76. The lowest BCUT2D eigenvalue weighted by Gasteiger charge is -2.08. The van der Waals surface area contributed by atoms with Crippen molar-refractivity contribution in [2.45, 2.75) is 28.9 Å². The Labute approximate surface area is 181 Å². The van der Waals surface area contributed by atoms with Gasteiger partial charge in [0.15, 0.2) is 25.3 Å². The quantitative estimate of drug-likeness (QED) is 0.485. The van der Waals surface area contributed by atoms with Crippen molar-refractivity contribution in [3.05, 3.63) is 55.1 Å². The van der Waals surface area contributed by atoms with E-state index in [0.29, 0.717) is 33.5 Å². The van der Waals surface area contributed by atoms with Gasteiger partial charge in [-0.25, -0.2) is 26.8 Å². The van der Waals surface area contributed by atoms with Gasteiger partial charge in [0.2, 0.25) is 0 Å². The number of sulfone groups is 2. The molecule has 10 heteroatoms. The molecule has 8 nitrogen and oxygen atoms in total. The zero-order chi connectivity index (χ0) is 22.4. The molecule has 4 rings (SSSR count). The summed E-state index contributed by atoms with van der Waals surface area (Å²) in [6, 6.07) is 8.07. The third kappa shape index (κ3) is 3.96. The molecule has 3 heterocycles. The molecule has 4 aromatic rings. The molecule has 0 radical (unpaired) electrons. The Morgan fingerprint density at radius 3 is 2.29 bits per heavy atom. The van der Waals surface area contributed by atoms with Crippen LogP contribution in [0.15, 0.2) is 64.9 Å². The minimum absolute atomic E-state index is 0. The van der Waals surface area contributed by atoms with Crippen LogP contribution in [0, 0.1) is 0 Å². The number of fused-ring (bicyclic) bond motifs is 1. The normalized spacial score (nSPS) is 12.5. The molecule has 0 atom stereocenters. The maximum Gasteiger partial charge on any atom is 0.180 e. The lowest BCUT2D eigenvalue weighted by molar-refractivity contribution is 0.587. The van der Waals surface area contributed by atoms with Crippen molar-refractivity contribution >= 4 is 30.8 Å². The van der Waals surface area contributed by atoms with Crippen molar-refractivity contribution in [1.82, 2.24) is 19.9 Å². The van der Waals surface area contributed by atoms with Gasteiger partial charge in [0.25, 0.3) is 0 Å². The first-order valence-electron chi connectivity index (χ1n) is 9.41. The van der Waals surface area contributed by atoms with Crippen LogP contribution in [0.2, 0.25) is 0 Å². The molecular weight excluding hydrogens is 436 g/mol. The van der Waals surface area contributed by atoms with Crippen molar-refractivity contribution in [1.29, 1.82) is 0 Å². The summed E-state index contributed by atoms with van der Waals surface area (Å²) in [5.74, 6) is 0. The van der Waals surface area contributed by atoms with Gasteiger partial charge < -0.3 is 4.98 Å². The molecule has 0 saturated carbocycles. The Morgan fingerprint density at radius 1 is 0.935 bits per heavy atom. The molecule has 0 bridgehead atoms. The van der Waals surface area contributed by atoms with Crippen LogP contribution in [0.4, 0.5) is 0 Å². The topological polar surface area (TPSA) is 123 Å². The van der Waals surface area contributed by atoms with Crippen LogP contribution in [0.5, 0.6) is 0 Å². The second kappa shape index (κ2) is 7.54. The highest BCUT2D eigenvalue weighted by Gasteiger charge is 2.19. The van der Waals surface area contributed by atoms with Crippen LogP contribution in [0.1, 0.15) is 15.3 Å². The second-order valence-electron chi connectivity index (χ2n) is 7.45. The fourth-order valence-corrected chi connectivity index (χ4v) is 4.76. The number of aromatic nitrogens is 4. The molecule has 0 spiro atoms. The van der Waals surface area contributed by atoms with Crippen LogP contribution in [0.3, 0.4) is 0 Å². The Morgan fingerprint density at radius 2 is 1.65 bits per heavy atom. The lowest BCUT2D eigenvalue weighted by Crippen LogP contribution is -2.13. The number of aromatic amines is 1. The fraction of sp³-hybridized carbons (Fsp3) is 0.190. The summed E-state index contributed by atoms with van der Waals surface area (Å²) in [6.07, 6.45) is 7.30. The fourth-order valence-electron chi connectivity index (χ4n) is 3.11. The van der Waals surface area contributed by atoms with Crippen LogP contribution >= 0.6 is 0 Å². The Kier molecular flexibility index (Phi) is 5.14. The summed E-state index contributed by atoms with van der Waals surface area (Å²) < 4.78 is 48.4. The van der Waals surface area contributed by atoms with Gasteiger partial charge in [-0.05, 0) is 32.0 Å². The summed E-state index contributed by atoms with van der Waals surface area (Å²) in [4.78, 5) is 16.5. The third-order valence-electron chi connectivity index (χ3n) is 4.93. The van der Waals surface area contributed by atoms with E-state index in [9.17, 15) is 16.8 Å². The van der Waals surface area contributed by atoms with E-state index >= 15 is 0 Å². The highest BCUT2D eigenvalue weighted by molar-refractivity contribution is 7.92. The molecule has 3 aromatic heterocycles. The standard InChI is InChI=1S/C21H20N4O4S2.H2/c1-13(2)31(28,29)16-6-4-14(5-7-16)19-12-24-21-20(25-19)18(11-23-21)15-8-17(10-22-9-15)30(3,26)27;/h4-13H,1-3H3,(H,23,24);1H. The highest BCUT2D eigenvalue weighted by atomic mass is 32.2. The zero-order valence-corrected chi connectivity index (χ0v) is 18.7. The minimum atomic E-state index is -3.40. The van der Waals surface area contributed by atoms with Crippen molar-refractivity contribution in [2.75, 3.05) is 6.26 Å². The van der Waals surface area contributed by atoms with E-state index in [1.165, 1.54) is 6.20 Å². The maximum atomic E-state index is 12.3. The molecule has 0 saturated heterocycles. The van der Waals surface area contributed by atoms with Crippen molar-refractivity contribution in [3.63, 3.8) is 0 Å². The summed E-state index contributed by atoms with van der Waals surface area (Å²) in [5, 5.41) is -0.506. The number of benzene rings is 1. The van der Waals surface area contributed by atoms with E-state index in [4.69, 9.17) is 0 Å². The molecule has 0 amide bonds. The van der Waals surface area contributed by atoms with Gasteiger partial charge in [-0.1, -0.05) is 12.1 Å². The Hall–Kier alpha value is -3.11. The second-order valence-corrected chi connectivity index (χ2v) is 12.0. The first-order valence-corrected chi connectivity index (χ1v) is 12.8. The molecule has 31 heavy (non-hydrogen) atoms. The van der Waals surface area contributed by atoms with Gasteiger partial charge in [0, 0.05) is 43.0 Å². The van der Waals surface area contributed by atoms with E-state index in [1.807, 2.05) is 0 Å². The Bertz CT molecular complexity index is 1500. The van der Waals surface area contributed by atoms with Crippen LogP contribution in [-0.2, 0) is 19.7 Å². The van der Waals surface area contributed by atoms with Gasteiger partial charge in [-0.3, -0.25) is 4.98 Å². The molecule has 0 unspecified atom stereocenters. The van der Waals surface area contributed by atoms with Crippen molar-refractivity contribution in [3.8, 4) is 22.4 Å². The zero-order valence-electron chi connectivity index (χ0n) is 17.1. The predicted octanol–water partition coefficient (Wildman–Crippen LogP) is 3.52. The lowest BCUT2D eigenvalue weighted by atomic mass is 10.1. The highest BCUT2D eigenvalue weighted by Crippen LogP contribution is 2.29. The first-order chi connectivity index (χ1) is 14.6. The van der Waals surface area contributed by atoms with E-state index in [2.05, 4.69) is 19.9 Å². The average Bonchev–Trinajstić information content (AvgIpc) is 3.16. The summed E-state index contributed by atoms with van der Waals surface area (Å²) in [5.41, 5.74) is 3.65. The largest absolute Gasteiger partial charge is 0.344 e. The third-order valence-corrected chi connectivity index (χ3v) is 8.18. The van der Waals surface area contributed by atoms with Gasteiger partial charge >= 0.3 is 0 Å². The van der Waals surface area contributed by atoms with Gasteiger partial charge in [-0.2, -0.15) is 0 Å². The number of H-pyrrole nitrogens is 1. The summed E-state index contributed by atoms with van der Waals surface area (Å²) in [6.45, 7) is 3.29.